The SMILES string of the molecule is COC(=O)c1nn(-c2cc(Br)ccc2C(N)=O)cc1N. The van der Waals surface area contributed by atoms with E-state index in [0.717, 1.165) is 4.47 Å². The van der Waals surface area contributed by atoms with Crippen LogP contribution >= 0.6 is 15.9 Å². The number of hydrogen-bond donors (Lipinski definition) is 2. The molecule has 0 fully saturated rings. The van der Waals surface area contributed by atoms with Crippen LogP contribution in [0, 0.1) is 0 Å². The highest BCUT2D eigenvalue weighted by molar-refractivity contribution is 9.10. The molecule has 0 atom stereocenters. The summed E-state index contributed by atoms with van der Waals surface area (Å²) in [5.74, 6) is -1.27. The maximum absolute atomic E-state index is 11.5. The Bertz CT molecular complexity index is 696. The molecular formula is C12H11BrN4O3. The lowest BCUT2D eigenvalue weighted by Crippen LogP contribution is -2.15. The van der Waals surface area contributed by atoms with Crippen LogP contribution in [0.5, 0.6) is 0 Å². The standard InChI is InChI=1S/C12H11BrN4O3/c1-20-12(19)10-8(14)5-17(16-10)9-4-6(13)2-3-7(9)11(15)18/h2-5H,14H2,1H3,(H2,15,18). The molecule has 2 aromatic rings. The second-order valence-corrected chi connectivity index (χ2v) is 4.81. The van der Waals surface area contributed by atoms with Crippen molar-refractivity contribution in [3.63, 3.8) is 0 Å². The number of hydrogen-bond acceptors (Lipinski definition) is 5. The minimum Gasteiger partial charge on any atom is -0.464 e. The van der Waals surface area contributed by atoms with Crippen LogP contribution in [-0.4, -0.2) is 28.8 Å². The van der Waals surface area contributed by atoms with E-state index in [1.807, 2.05) is 0 Å². The quantitative estimate of drug-likeness (QED) is 0.813. The fourth-order valence-corrected chi connectivity index (χ4v) is 2.02. The van der Waals surface area contributed by atoms with Gasteiger partial charge >= 0.3 is 5.97 Å². The first-order chi connectivity index (χ1) is 9.43. The van der Waals surface area contributed by atoms with E-state index in [-0.39, 0.29) is 16.9 Å². The number of benzene rings is 1. The average molecular weight is 339 g/mol. The van der Waals surface area contributed by atoms with Gasteiger partial charge in [-0.25, -0.2) is 9.48 Å². The van der Waals surface area contributed by atoms with Gasteiger partial charge in [-0.15, -0.1) is 0 Å². The number of amides is 1. The fraction of sp³-hybridized carbons (Fsp3) is 0.0833. The molecule has 0 saturated heterocycles. The van der Waals surface area contributed by atoms with Gasteiger partial charge in [0, 0.05) is 4.47 Å². The number of nitrogens with two attached hydrogens (primary N) is 2. The van der Waals surface area contributed by atoms with E-state index in [4.69, 9.17) is 11.5 Å². The van der Waals surface area contributed by atoms with E-state index < -0.39 is 11.9 Å². The first kappa shape index (κ1) is 14.1. The Morgan fingerprint density at radius 1 is 1.40 bits per heavy atom. The summed E-state index contributed by atoms with van der Waals surface area (Å²) in [5.41, 5.74) is 11.8. The number of anilines is 1. The molecule has 1 amide bonds. The Balaban J connectivity index is 2.60. The monoisotopic (exact) mass is 338 g/mol. The lowest BCUT2D eigenvalue weighted by Gasteiger charge is -2.07. The molecule has 7 nitrogen and oxygen atoms in total. The van der Waals surface area contributed by atoms with Gasteiger partial charge in [0.05, 0.1) is 30.2 Å². The van der Waals surface area contributed by atoms with Gasteiger partial charge in [-0.2, -0.15) is 5.10 Å². The lowest BCUT2D eigenvalue weighted by molar-refractivity contribution is 0.0594. The first-order valence-corrected chi connectivity index (χ1v) is 6.26. The molecule has 2 rings (SSSR count). The zero-order chi connectivity index (χ0) is 14.9. The van der Waals surface area contributed by atoms with Crippen molar-refractivity contribution >= 4 is 33.5 Å². The third kappa shape index (κ3) is 2.50. The van der Waals surface area contributed by atoms with Gasteiger partial charge in [-0.3, -0.25) is 4.79 Å². The van der Waals surface area contributed by atoms with E-state index in [9.17, 15) is 9.59 Å². The summed E-state index contributed by atoms with van der Waals surface area (Å²) in [7, 11) is 1.23. The number of nitrogen functional groups attached to an aromatic ring is 1. The van der Waals surface area contributed by atoms with E-state index >= 15 is 0 Å². The van der Waals surface area contributed by atoms with E-state index in [1.54, 1.807) is 18.2 Å². The average Bonchev–Trinajstić information content (AvgIpc) is 2.79. The van der Waals surface area contributed by atoms with Gasteiger partial charge in [-0.05, 0) is 18.2 Å². The predicted molar refractivity (Wildman–Crippen MR) is 75.5 cm³/mol. The second kappa shape index (κ2) is 5.33. The summed E-state index contributed by atoms with van der Waals surface area (Å²) in [6.07, 6.45) is 1.42. The summed E-state index contributed by atoms with van der Waals surface area (Å²) in [4.78, 5) is 22.9. The van der Waals surface area contributed by atoms with Crippen LogP contribution < -0.4 is 11.5 Å². The maximum Gasteiger partial charge on any atom is 0.360 e. The smallest absolute Gasteiger partial charge is 0.360 e. The molecule has 8 heteroatoms. The van der Waals surface area contributed by atoms with Crippen molar-refractivity contribution in [3.05, 3.63) is 40.1 Å². The third-order valence-corrected chi connectivity index (χ3v) is 3.09. The van der Waals surface area contributed by atoms with Crippen molar-refractivity contribution in [2.75, 3.05) is 12.8 Å². The number of esters is 1. The highest BCUT2D eigenvalue weighted by atomic mass is 79.9. The molecule has 0 radical (unpaired) electrons. The molecule has 0 bridgehead atoms. The third-order valence-electron chi connectivity index (χ3n) is 2.59. The van der Waals surface area contributed by atoms with Crippen molar-refractivity contribution in [1.29, 1.82) is 0 Å². The van der Waals surface area contributed by atoms with Gasteiger partial charge in [0.25, 0.3) is 5.91 Å². The summed E-state index contributed by atoms with van der Waals surface area (Å²) >= 11 is 3.29. The number of methoxy groups -OCH3 is 1. The zero-order valence-electron chi connectivity index (χ0n) is 10.5. The van der Waals surface area contributed by atoms with Gasteiger partial charge in [-0.1, -0.05) is 15.9 Å². The lowest BCUT2D eigenvalue weighted by atomic mass is 10.1. The molecule has 4 N–H and O–H groups in total. The molecule has 0 aliphatic heterocycles. The van der Waals surface area contributed by atoms with Crippen LogP contribution in [0.25, 0.3) is 5.69 Å². The number of rotatable bonds is 3. The molecule has 1 aromatic carbocycles. The molecule has 104 valence electrons. The molecule has 1 heterocycles. The number of ether oxygens (including phenoxy) is 1. The number of carbonyl (C=O) groups excluding carboxylic acids is 2. The number of carbonyl (C=O) groups is 2. The fourth-order valence-electron chi connectivity index (χ4n) is 1.67. The Kier molecular flexibility index (Phi) is 3.75. The molecule has 20 heavy (non-hydrogen) atoms. The first-order valence-electron chi connectivity index (χ1n) is 5.47. The van der Waals surface area contributed by atoms with Crippen LogP contribution in [0.15, 0.2) is 28.9 Å². The van der Waals surface area contributed by atoms with Crippen molar-refractivity contribution in [3.8, 4) is 5.69 Å². The summed E-state index contributed by atoms with van der Waals surface area (Å²) in [6.45, 7) is 0. The van der Waals surface area contributed by atoms with Crippen molar-refractivity contribution < 1.29 is 14.3 Å². The van der Waals surface area contributed by atoms with E-state index in [1.165, 1.54) is 18.0 Å². The Hall–Kier alpha value is -2.35. The maximum atomic E-state index is 11.5. The highest BCUT2D eigenvalue weighted by Crippen LogP contribution is 2.22. The highest BCUT2D eigenvalue weighted by Gasteiger charge is 2.18. The van der Waals surface area contributed by atoms with Crippen LogP contribution in [0.2, 0.25) is 0 Å². The molecule has 1 aromatic heterocycles. The Labute approximate surface area is 122 Å². The van der Waals surface area contributed by atoms with Crippen LogP contribution in [0.3, 0.4) is 0 Å². The normalized spacial score (nSPS) is 10.3. The summed E-state index contributed by atoms with van der Waals surface area (Å²) in [5, 5.41) is 4.02. The van der Waals surface area contributed by atoms with Gasteiger partial charge < -0.3 is 16.2 Å². The second-order valence-electron chi connectivity index (χ2n) is 3.89. The number of primary amides is 1. The van der Waals surface area contributed by atoms with Crippen molar-refractivity contribution in [1.82, 2.24) is 9.78 Å². The van der Waals surface area contributed by atoms with Crippen molar-refractivity contribution in [2.24, 2.45) is 5.73 Å². The molecule has 0 aliphatic carbocycles. The number of aromatic nitrogens is 2. The van der Waals surface area contributed by atoms with Crippen LogP contribution in [0.1, 0.15) is 20.8 Å². The van der Waals surface area contributed by atoms with Gasteiger partial charge in [0.1, 0.15) is 0 Å². The summed E-state index contributed by atoms with van der Waals surface area (Å²) < 4.78 is 6.61. The number of nitrogens with zero attached hydrogens (tertiary/aromatic N) is 2. The Morgan fingerprint density at radius 3 is 2.70 bits per heavy atom. The minimum atomic E-state index is -0.656. The minimum absolute atomic E-state index is 0.0251. The van der Waals surface area contributed by atoms with Gasteiger partial charge in [0.15, 0.2) is 5.69 Å². The van der Waals surface area contributed by atoms with Crippen molar-refractivity contribution in [2.45, 2.75) is 0 Å². The largest absolute Gasteiger partial charge is 0.464 e. The topological polar surface area (TPSA) is 113 Å². The molecule has 0 spiro atoms. The predicted octanol–water partition coefficient (Wildman–Crippen LogP) is 1.10. The van der Waals surface area contributed by atoms with Crippen LogP contribution in [0.4, 0.5) is 5.69 Å². The Morgan fingerprint density at radius 2 is 2.10 bits per heavy atom. The zero-order valence-corrected chi connectivity index (χ0v) is 12.0. The van der Waals surface area contributed by atoms with Crippen LogP contribution in [-0.2, 0) is 4.74 Å². The summed E-state index contributed by atoms with van der Waals surface area (Å²) in [6, 6.07) is 4.88. The van der Waals surface area contributed by atoms with Gasteiger partial charge in [0.2, 0.25) is 0 Å². The molecular weight excluding hydrogens is 328 g/mol. The molecule has 0 saturated carbocycles. The number of halogens is 1. The molecule has 0 unspecified atom stereocenters. The molecule has 0 aliphatic rings. The van der Waals surface area contributed by atoms with E-state index in [0.29, 0.717) is 5.69 Å². The van der Waals surface area contributed by atoms with E-state index in [2.05, 4.69) is 25.8 Å².